The van der Waals surface area contributed by atoms with Gasteiger partial charge in [-0.15, -0.1) is 12.8 Å². The molecule has 1 aliphatic rings. The maximum atomic E-state index is 5.40. The monoisotopic (exact) mass is 206 g/mol. The molecule has 0 N–H and O–H groups in total. The molecule has 0 radical (unpaired) electrons. The van der Waals surface area contributed by atoms with E-state index < -0.39 is 5.41 Å². The van der Waals surface area contributed by atoms with E-state index in [4.69, 9.17) is 12.8 Å². The number of pyridine rings is 1. The summed E-state index contributed by atoms with van der Waals surface area (Å²) in [5.74, 6) is 5.18. The van der Waals surface area contributed by atoms with Gasteiger partial charge in [0.1, 0.15) is 5.41 Å². The SMILES string of the molecule is C#CC1(C#C)C=NC(c2ccccn2)=CC1. The number of aliphatic imine (C=N–C) groups is 1. The molecule has 16 heavy (non-hydrogen) atoms. The van der Waals surface area contributed by atoms with Gasteiger partial charge >= 0.3 is 0 Å². The van der Waals surface area contributed by atoms with Gasteiger partial charge in [0, 0.05) is 18.8 Å². The van der Waals surface area contributed by atoms with Gasteiger partial charge in [0.05, 0.1) is 11.4 Å². The molecule has 0 saturated carbocycles. The highest BCUT2D eigenvalue weighted by Crippen LogP contribution is 2.27. The maximum absolute atomic E-state index is 5.40. The van der Waals surface area contributed by atoms with Crippen molar-refractivity contribution in [1.82, 2.24) is 4.98 Å². The van der Waals surface area contributed by atoms with E-state index in [2.05, 4.69) is 21.8 Å². The highest BCUT2D eigenvalue weighted by Gasteiger charge is 2.24. The summed E-state index contributed by atoms with van der Waals surface area (Å²) in [7, 11) is 0. The summed E-state index contributed by atoms with van der Waals surface area (Å²) in [6.07, 6.45) is 16.7. The Morgan fingerprint density at radius 2 is 2.06 bits per heavy atom. The van der Waals surface area contributed by atoms with Crippen LogP contribution in [-0.4, -0.2) is 11.2 Å². The molecular formula is C14H10N2. The van der Waals surface area contributed by atoms with Crippen LogP contribution in [0.5, 0.6) is 0 Å². The van der Waals surface area contributed by atoms with E-state index in [9.17, 15) is 0 Å². The molecule has 2 nitrogen and oxygen atoms in total. The Bertz CT molecular complexity index is 510. The normalized spacial score (nSPS) is 17.0. The van der Waals surface area contributed by atoms with E-state index in [-0.39, 0.29) is 0 Å². The lowest BCUT2D eigenvalue weighted by Crippen LogP contribution is -2.19. The summed E-state index contributed by atoms with van der Waals surface area (Å²) in [5, 5.41) is 0. The third kappa shape index (κ3) is 1.74. The van der Waals surface area contributed by atoms with Crippen LogP contribution in [0.3, 0.4) is 0 Å². The van der Waals surface area contributed by atoms with Gasteiger partial charge in [-0.3, -0.25) is 9.98 Å². The van der Waals surface area contributed by atoms with E-state index in [0.29, 0.717) is 6.42 Å². The number of terminal acetylenes is 2. The van der Waals surface area contributed by atoms with Crippen molar-refractivity contribution in [3.05, 3.63) is 36.2 Å². The molecule has 0 atom stereocenters. The second-order valence-corrected chi connectivity index (χ2v) is 3.53. The fourth-order valence-electron chi connectivity index (χ4n) is 1.46. The summed E-state index contributed by atoms with van der Waals surface area (Å²) in [4.78, 5) is 8.50. The number of rotatable bonds is 1. The average Bonchev–Trinajstić information content (AvgIpc) is 2.40. The smallest absolute Gasteiger partial charge is 0.130 e. The Kier molecular flexibility index (Phi) is 2.58. The predicted molar refractivity (Wildman–Crippen MR) is 65.4 cm³/mol. The molecule has 2 heterocycles. The van der Waals surface area contributed by atoms with Crippen molar-refractivity contribution in [3.8, 4) is 24.7 Å². The van der Waals surface area contributed by atoms with E-state index >= 15 is 0 Å². The molecule has 0 aliphatic carbocycles. The first-order valence-electron chi connectivity index (χ1n) is 4.92. The van der Waals surface area contributed by atoms with Gasteiger partial charge in [0.25, 0.3) is 0 Å². The van der Waals surface area contributed by atoms with Crippen molar-refractivity contribution >= 4 is 11.9 Å². The molecule has 0 fully saturated rings. The Labute approximate surface area is 95.1 Å². The van der Waals surface area contributed by atoms with Gasteiger partial charge in [-0.1, -0.05) is 24.0 Å². The Morgan fingerprint density at radius 3 is 2.56 bits per heavy atom. The summed E-state index contributed by atoms with van der Waals surface area (Å²) >= 11 is 0. The number of hydrogen-bond acceptors (Lipinski definition) is 2. The molecule has 0 amide bonds. The molecule has 2 rings (SSSR count). The van der Waals surface area contributed by atoms with Crippen molar-refractivity contribution in [2.24, 2.45) is 10.4 Å². The summed E-state index contributed by atoms with van der Waals surface area (Å²) in [6.45, 7) is 0. The maximum Gasteiger partial charge on any atom is 0.130 e. The molecular weight excluding hydrogens is 196 g/mol. The third-order valence-electron chi connectivity index (χ3n) is 2.48. The fraction of sp³-hybridized carbons (Fsp3) is 0.143. The van der Waals surface area contributed by atoms with Crippen LogP contribution in [0, 0.1) is 30.1 Å². The van der Waals surface area contributed by atoms with E-state index in [0.717, 1.165) is 11.4 Å². The molecule has 2 heteroatoms. The highest BCUT2D eigenvalue weighted by atomic mass is 14.8. The molecule has 1 aliphatic heterocycles. The van der Waals surface area contributed by atoms with Crippen LogP contribution in [0.25, 0.3) is 5.70 Å². The van der Waals surface area contributed by atoms with Crippen molar-refractivity contribution in [2.45, 2.75) is 6.42 Å². The standard InChI is InChI=1S/C14H10N2/c1-3-14(4-2)9-8-13(16-11-14)12-7-5-6-10-15-12/h1-2,5-8,10-11H,9H2. The molecule has 0 bridgehead atoms. The first-order chi connectivity index (χ1) is 7.79. The molecule has 0 spiro atoms. The van der Waals surface area contributed by atoms with Crippen LogP contribution in [0.4, 0.5) is 0 Å². The Hall–Kier alpha value is -2.32. The minimum Gasteiger partial charge on any atom is -0.257 e. The highest BCUT2D eigenvalue weighted by molar-refractivity contribution is 5.84. The van der Waals surface area contributed by atoms with Gasteiger partial charge in [-0.2, -0.15) is 0 Å². The number of aromatic nitrogens is 1. The molecule has 1 aromatic rings. The predicted octanol–water partition coefficient (Wildman–Crippen LogP) is 2.15. The van der Waals surface area contributed by atoms with Gasteiger partial charge in [-0.25, -0.2) is 0 Å². The average molecular weight is 206 g/mol. The van der Waals surface area contributed by atoms with Crippen molar-refractivity contribution in [3.63, 3.8) is 0 Å². The molecule has 76 valence electrons. The van der Waals surface area contributed by atoms with Gasteiger partial charge in [0.2, 0.25) is 0 Å². The van der Waals surface area contributed by atoms with Crippen LogP contribution in [0.2, 0.25) is 0 Å². The van der Waals surface area contributed by atoms with Gasteiger partial charge < -0.3 is 0 Å². The van der Waals surface area contributed by atoms with Crippen molar-refractivity contribution in [2.75, 3.05) is 0 Å². The zero-order valence-electron chi connectivity index (χ0n) is 8.72. The topological polar surface area (TPSA) is 25.2 Å². The van der Waals surface area contributed by atoms with E-state index in [1.54, 1.807) is 12.4 Å². The lowest BCUT2D eigenvalue weighted by molar-refractivity contribution is 0.757. The summed E-state index contributed by atoms with van der Waals surface area (Å²) in [5.41, 5.74) is 0.987. The van der Waals surface area contributed by atoms with Crippen LogP contribution in [-0.2, 0) is 0 Å². The first-order valence-corrected chi connectivity index (χ1v) is 4.92. The largest absolute Gasteiger partial charge is 0.257 e. The van der Waals surface area contributed by atoms with E-state index in [1.807, 2.05) is 24.3 Å². The minimum atomic E-state index is -0.668. The minimum absolute atomic E-state index is 0.607. The first kappa shape index (κ1) is 10.2. The van der Waals surface area contributed by atoms with Crippen LogP contribution < -0.4 is 0 Å². The van der Waals surface area contributed by atoms with E-state index in [1.165, 1.54) is 0 Å². The lowest BCUT2D eigenvalue weighted by Gasteiger charge is -2.19. The Balaban J connectivity index is 2.28. The second-order valence-electron chi connectivity index (χ2n) is 3.53. The molecule has 1 aromatic heterocycles. The summed E-state index contributed by atoms with van der Waals surface area (Å²) in [6, 6.07) is 5.69. The molecule has 0 unspecified atom stereocenters. The van der Waals surface area contributed by atoms with Crippen LogP contribution in [0.15, 0.2) is 35.5 Å². The lowest BCUT2D eigenvalue weighted by atomic mass is 9.85. The zero-order valence-corrected chi connectivity index (χ0v) is 8.72. The van der Waals surface area contributed by atoms with Crippen molar-refractivity contribution in [1.29, 1.82) is 0 Å². The quantitative estimate of drug-likeness (QED) is 0.646. The molecule has 0 aromatic carbocycles. The van der Waals surface area contributed by atoms with Gasteiger partial charge in [0.15, 0.2) is 0 Å². The van der Waals surface area contributed by atoms with Crippen LogP contribution >= 0.6 is 0 Å². The van der Waals surface area contributed by atoms with Crippen molar-refractivity contribution < 1.29 is 0 Å². The second kappa shape index (κ2) is 4.04. The van der Waals surface area contributed by atoms with Gasteiger partial charge in [-0.05, 0) is 12.1 Å². The number of nitrogens with zero attached hydrogens (tertiary/aromatic N) is 2. The summed E-state index contributed by atoms with van der Waals surface area (Å²) < 4.78 is 0. The number of allylic oxidation sites excluding steroid dienone is 1. The third-order valence-corrected chi connectivity index (χ3v) is 2.48. The van der Waals surface area contributed by atoms with Crippen LogP contribution in [0.1, 0.15) is 12.1 Å². The molecule has 0 saturated heterocycles. The Morgan fingerprint density at radius 1 is 1.25 bits per heavy atom. The number of hydrogen-bond donors (Lipinski definition) is 0. The fourth-order valence-corrected chi connectivity index (χ4v) is 1.46. The zero-order chi connectivity index (χ0) is 11.4.